The monoisotopic (exact) mass is 1060 g/mol. The van der Waals surface area contributed by atoms with Crippen molar-refractivity contribution in [3.8, 4) is 0 Å². The van der Waals surface area contributed by atoms with Crippen molar-refractivity contribution in [1.29, 1.82) is 0 Å². The van der Waals surface area contributed by atoms with Crippen molar-refractivity contribution in [2.75, 3.05) is 64.0 Å². The van der Waals surface area contributed by atoms with Gasteiger partial charge in [0.2, 0.25) is 47.3 Å². The van der Waals surface area contributed by atoms with E-state index < -0.39 is 155 Å². The fourth-order valence-corrected chi connectivity index (χ4v) is 10.4. The van der Waals surface area contributed by atoms with Crippen LogP contribution in [0, 0.1) is 34.3 Å². The second kappa shape index (κ2) is 23.9. The molecule has 4 fully saturated rings. The number of carbonyl (C=O) groups excluding carboxylic acids is 10. The average Bonchev–Trinajstić information content (AvgIpc) is 4.19. The number of anilines is 2. The average molecular weight is 1060 g/mol. The van der Waals surface area contributed by atoms with E-state index >= 15 is 0 Å². The zero-order valence-corrected chi connectivity index (χ0v) is 44.7. The Morgan fingerprint density at radius 3 is 1.17 bits per heavy atom. The number of halogens is 2. The predicted octanol–water partition coefficient (Wildman–Crippen LogP) is -0.0922. The molecule has 10 amide bonds. The molecule has 10 unspecified atom stereocenters. The lowest BCUT2D eigenvalue weighted by Crippen LogP contribution is -2.59. The van der Waals surface area contributed by atoms with Crippen molar-refractivity contribution < 1.29 is 56.7 Å². The zero-order valence-electron chi connectivity index (χ0n) is 44.7. The van der Waals surface area contributed by atoms with Gasteiger partial charge in [-0.3, -0.25) is 47.9 Å². The van der Waals surface area contributed by atoms with Crippen molar-refractivity contribution in [1.82, 2.24) is 51.5 Å². The molecule has 4 heterocycles. The van der Waals surface area contributed by atoms with Crippen LogP contribution in [0.2, 0.25) is 0 Å². The third-order valence-corrected chi connectivity index (χ3v) is 14.8. The van der Waals surface area contributed by atoms with E-state index in [4.69, 9.17) is 0 Å². The molecule has 10 atom stereocenters. The van der Waals surface area contributed by atoms with E-state index in [2.05, 4.69) is 42.5 Å². The largest absolute Gasteiger partial charge is 0.342 e. The Hall–Kier alpha value is -7.08. The molecule has 4 aliphatic heterocycles. The SMILES string of the molecule is CNC(C)C(=O)NC(C(=O)N1CCC2C1C(C(=O)Nc1ccc(F)cc1)CN2C(=O)CNC(=O)C(=O)NCC(=O)N1CC(C(=O)Nc2ccc(F)cc2)C2C1CCN2C(=O)C(NC(=O)C(C)NC)C(C)(C)C)C(C)(C)C. The molecule has 24 heteroatoms. The summed E-state index contributed by atoms with van der Waals surface area (Å²) in [7, 11) is 3.21. The highest BCUT2D eigenvalue weighted by molar-refractivity contribution is 6.35. The van der Waals surface area contributed by atoms with Crippen LogP contribution in [0.25, 0.3) is 0 Å². The molecule has 0 bridgehead atoms. The van der Waals surface area contributed by atoms with Crippen molar-refractivity contribution in [2.45, 2.75) is 117 Å². The minimum Gasteiger partial charge on any atom is -0.342 e. The van der Waals surface area contributed by atoms with Gasteiger partial charge >= 0.3 is 11.8 Å². The van der Waals surface area contributed by atoms with Gasteiger partial charge in [0.05, 0.1) is 61.2 Å². The summed E-state index contributed by atoms with van der Waals surface area (Å²) in [4.78, 5) is 143. The Labute approximate surface area is 440 Å². The van der Waals surface area contributed by atoms with Gasteiger partial charge in [-0.15, -0.1) is 0 Å². The topological polar surface area (TPSA) is 280 Å². The van der Waals surface area contributed by atoms with Crippen LogP contribution in [0.3, 0.4) is 0 Å². The quantitative estimate of drug-likeness (QED) is 0.103. The Balaban J connectivity index is 1.13. The van der Waals surface area contributed by atoms with Gasteiger partial charge in [0.15, 0.2) is 0 Å². The van der Waals surface area contributed by atoms with Crippen LogP contribution >= 0.6 is 0 Å². The van der Waals surface area contributed by atoms with Crippen molar-refractivity contribution in [3.63, 3.8) is 0 Å². The molecule has 0 aliphatic carbocycles. The summed E-state index contributed by atoms with van der Waals surface area (Å²) in [6.07, 6.45) is 0.471. The summed E-state index contributed by atoms with van der Waals surface area (Å²) in [5.41, 5.74) is -1.03. The van der Waals surface area contributed by atoms with E-state index in [-0.39, 0.29) is 50.4 Å². The second-order valence-electron chi connectivity index (χ2n) is 22.1. The number of benzene rings is 2. The minimum atomic E-state index is -1.26. The molecule has 4 aliphatic rings. The lowest BCUT2D eigenvalue weighted by molar-refractivity contribution is -0.142. The first-order valence-corrected chi connectivity index (χ1v) is 25.5. The number of likely N-dealkylation sites (tertiary alicyclic amines) is 4. The predicted molar refractivity (Wildman–Crippen MR) is 274 cm³/mol. The van der Waals surface area contributed by atoms with Crippen LogP contribution in [0.4, 0.5) is 20.2 Å². The maximum absolute atomic E-state index is 14.5. The van der Waals surface area contributed by atoms with E-state index in [0.29, 0.717) is 0 Å². The summed E-state index contributed by atoms with van der Waals surface area (Å²) in [6, 6.07) is 3.61. The van der Waals surface area contributed by atoms with Crippen LogP contribution in [0.15, 0.2) is 48.5 Å². The Morgan fingerprint density at radius 2 is 0.868 bits per heavy atom. The lowest BCUT2D eigenvalue weighted by Gasteiger charge is -2.37. The second-order valence-corrected chi connectivity index (χ2v) is 22.1. The molecular formula is C52H72F2N12O10. The number of hydrogen-bond donors (Lipinski definition) is 8. The molecule has 6 rings (SSSR count). The van der Waals surface area contributed by atoms with Crippen LogP contribution in [-0.4, -0.2) is 180 Å². The van der Waals surface area contributed by atoms with Crippen LogP contribution in [0.5, 0.6) is 0 Å². The van der Waals surface area contributed by atoms with Gasteiger partial charge in [0, 0.05) is 37.6 Å². The first-order valence-electron chi connectivity index (χ1n) is 25.5. The van der Waals surface area contributed by atoms with Crippen molar-refractivity contribution >= 4 is 70.4 Å². The number of rotatable bonds is 16. The Bertz CT molecular complexity index is 2380. The first kappa shape index (κ1) is 58.2. The third kappa shape index (κ3) is 13.1. The summed E-state index contributed by atoms with van der Waals surface area (Å²) in [5.74, 6) is -9.88. The summed E-state index contributed by atoms with van der Waals surface area (Å²) in [6.45, 7) is 12.4. The summed E-state index contributed by atoms with van der Waals surface area (Å²) in [5, 5.41) is 21.5. The molecule has 76 heavy (non-hydrogen) atoms. The molecule has 414 valence electrons. The van der Waals surface area contributed by atoms with Crippen LogP contribution < -0.4 is 42.5 Å². The number of carbonyl (C=O) groups is 10. The van der Waals surface area contributed by atoms with Crippen LogP contribution in [-0.2, 0) is 47.9 Å². The fraction of sp³-hybridized carbons (Fsp3) is 0.577. The summed E-state index contributed by atoms with van der Waals surface area (Å²) < 4.78 is 27.5. The van der Waals surface area contributed by atoms with E-state index in [1.807, 2.05) is 0 Å². The number of fused-ring (bicyclic) bond motifs is 2. The van der Waals surface area contributed by atoms with E-state index in [1.165, 1.54) is 43.9 Å². The van der Waals surface area contributed by atoms with Crippen molar-refractivity contribution in [2.24, 2.45) is 22.7 Å². The maximum atomic E-state index is 14.5. The molecule has 2 aromatic carbocycles. The fourth-order valence-electron chi connectivity index (χ4n) is 10.4. The highest BCUT2D eigenvalue weighted by atomic mass is 19.1. The van der Waals surface area contributed by atoms with Gasteiger partial charge in [-0.05, 0) is 100 Å². The van der Waals surface area contributed by atoms with Gasteiger partial charge in [-0.1, -0.05) is 41.5 Å². The number of nitrogens with one attached hydrogen (secondary N) is 8. The van der Waals surface area contributed by atoms with E-state index in [9.17, 15) is 56.7 Å². The van der Waals surface area contributed by atoms with Crippen LogP contribution in [0.1, 0.15) is 68.2 Å². The highest BCUT2D eigenvalue weighted by Crippen LogP contribution is 2.40. The molecule has 4 saturated heterocycles. The van der Waals surface area contributed by atoms with Gasteiger partial charge in [0.1, 0.15) is 23.7 Å². The van der Waals surface area contributed by atoms with Gasteiger partial charge < -0.3 is 62.1 Å². The molecular weight excluding hydrogens is 991 g/mol. The van der Waals surface area contributed by atoms with Crippen molar-refractivity contribution in [3.05, 3.63) is 60.2 Å². The van der Waals surface area contributed by atoms with Gasteiger partial charge in [0.25, 0.3) is 0 Å². The third-order valence-electron chi connectivity index (χ3n) is 14.8. The maximum Gasteiger partial charge on any atom is 0.309 e. The highest BCUT2D eigenvalue weighted by Gasteiger charge is 2.57. The van der Waals surface area contributed by atoms with Gasteiger partial charge in [-0.2, -0.15) is 0 Å². The molecule has 2 aromatic rings. The van der Waals surface area contributed by atoms with E-state index in [0.717, 1.165) is 24.3 Å². The normalized spacial score (nSPS) is 22.6. The number of nitrogens with zero attached hydrogens (tertiary/aromatic N) is 4. The zero-order chi connectivity index (χ0) is 56.1. The standard InChI is InChI=1S/C52H72F2N12O10/c1-27(55-9)43(69)61-41(51(3,4)5)49(75)63-21-19-35-39(63)33(45(71)59-31-15-11-29(53)12-16-31)25-65(35)37(67)23-57-47(73)48(74)58-24-38(68)66-26-34(46(72)60-32-17-13-30(54)14-18-32)40-36(66)20-22-64(40)50(76)42(52(6,7)8)62-44(70)28(2)56-10/h11-18,27-28,33-36,39-42,55-56H,19-26H2,1-10H3,(H,57,73)(H,58,74)(H,59,71)(H,60,72)(H,61,69)(H,62,70). The molecule has 0 spiro atoms. The Morgan fingerprint density at radius 1 is 0.539 bits per heavy atom. The van der Waals surface area contributed by atoms with Gasteiger partial charge in [-0.25, -0.2) is 8.78 Å². The summed E-state index contributed by atoms with van der Waals surface area (Å²) >= 11 is 0. The molecule has 8 N–H and O–H groups in total. The number of hydrogen-bond acceptors (Lipinski definition) is 12. The number of amides is 10. The minimum absolute atomic E-state index is 0.115. The van der Waals surface area contributed by atoms with E-state index in [1.54, 1.807) is 69.5 Å². The smallest absolute Gasteiger partial charge is 0.309 e. The molecule has 0 saturated carbocycles. The molecule has 22 nitrogen and oxygen atoms in total. The molecule has 0 aromatic heterocycles. The lowest BCUT2D eigenvalue weighted by atomic mass is 9.85. The Kier molecular flexibility index (Phi) is 18.3. The number of likely N-dealkylation sites (N-methyl/N-ethyl adjacent to an activating group) is 2. The molecule has 0 radical (unpaired) electrons. The first-order chi connectivity index (χ1) is 35.7.